The van der Waals surface area contributed by atoms with Gasteiger partial charge in [0, 0.05) is 29.0 Å². The van der Waals surface area contributed by atoms with E-state index >= 15 is 0 Å². The van der Waals surface area contributed by atoms with Crippen LogP contribution in [0.15, 0.2) is 29.2 Å². The van der Waals surface area contributed by atoms with Gasteiger partial charge in [0.2, 0.25) is 5.95 Å². The van der Waals surface area contributed by atoms with E-state index in [4.69, 9.17) is 21.3 Å². The molecule has 29 heavy (non-hydrogen) atoms. The van der Waals surface area contributed by atoms with Gasteiger partial charge in [-0.25, -0.2) is 4.98 Å². The van der Waals surface area contributed by atoms with Crippen LogP contribution in [0.25, 0.3) is 11.0 Å². The van der Waals surface area contributed by atoms with Gasteiger partial charge in [-0.15, -0.1) is 0 Å². The minimum atomic E-state index is -1.08. The number of rotatable bonds is 7. The van der Waals surface area contributed by atoms with Gasteiger partial charge in [0.1, 0.15) is 11.3 Å². The third-order valence-corrected chi connectivity index (χ3v) is 6.70. The number of aromatic nitrogens is 2. The molecular formula is C22H28ClN3O2S. The van der Waals surface area contributed by atoms with Crippen molar-refractivity contribution in [2.24, 2.45) is 7.05 Å². The Balaban J connectivity index is 2.15. The van der Waals surface area contributed by atoms with Crippen molar-refractivity contribution in [2.45, 2.75) is 44.4 Å². The molecule has 0 aliphatic rings. The molecule has 5 nitrogen and oxygen atoms in total. The third-order valence-electron chi connectivity index (χ3n) is 5.49. The zero-order valence-corrected chi connectivity index (χ0v) is 19.4. The van der Waals surface area contributed by atoms with Gasteiger partial charge in [-0.1, -0.05) is 31.5 Å². The van der Waals surface area contributed by atoms with E-state index < -0.39 is 10.8 Å². The molecule has 0 fully saturated rings. The van der Waals surface area contributed by atoms with Crippen LogP contribution in [0.1, 0.15) is 43.7 Å². The number of ether oxygens (including phenoxy) is 1. The molecule has 0 aliphatic heterocycles. The normalized spacial score (nSPS) is 12.6. The Bertz CT molecular complexity index is 1070. The monoisotopic (exact) mass is 433 g/mol. The lowest BCUT2D eigenvalue weighted by Gasteiger charge is -2.17. The lowest BCUT2D eigenvalue weighted by Crippen LogP contribution is -2.05. The lowest BCUT2D eigenvalue weighted by molar-refractivity contribution is 0.415. The largest absolute Gasteiger partial charge is 0.495 e. The number of anilines is 2. The van der Waals surface area contributed by atoms with E-state index in [1.165, 1.54) is 5.56 Å². The fraction of sp³-hybridized carbons (Fsp3) is 0.409. The molecule has 3 aromatic rings. The topological polar surface area (TPSA) is 56.1 Å². The molecule has 0 saturated carbocycles. The SMILES string of the molecule is CCC(CC)c1ccc(Cl)c2nc(Nc3c(C)cc(S(C)=O)cc3OC)n(C)c12. The predicted octanol–water partition coefficient (Wildman–Crippen LogP) is 5.93. The van der Waals surface area contributed by atoms with Crippen molar-refractivity contribution in [3.05, 3.63) is 40.4 Å². The molecule has 0 aliphatic carbocycles. The number of aryl methyl sites for hydroxylation is 2. The van der Waals surface area contributed by atoms with Crippen molar-refractivity contribution in [1.82, 2.24) is 9.55 Å². The first-order valence-corrected chi connectivity index (χ1v) is 11.7. The van der Waals surface area contributed by atoms with Crippen molar-refractivity contribution >= 4 is 45.1 Å². The quantitative estimate of drug-likeness (QED) is 0.501. The van der Waals surface area contributed by atoms with Gasteiger partial charge >= 0.3 is 0 Å². The highest BCUT2D eigenvalue weighted by molar-refractivity contribution is 7.84. The van der Waals surface area contributed by atoms with E-state index in [2.05, 4.69) is 29.8 Å². The van der Waals surface area contributed by atoms with Crippen LogP contribution in [0.5, 0.6) is 5.75 Å². The van der Waals surface area contributed by atoms with Crippen molar-refractivity contribution in [3.63, 3.8) is 0 Å². The van der Waals surface area contributed by atoms with Gasteiger partial charge < -0.3 is 14.6 Å². The molecule has 1 aromatic heterocycles. The van der Waals surface area contributed by atoms with Gasteiger partial charge in [0.15, 0.2) is 0 Å². The van der Waals surface area contributed by atoms with Crippen LogP contribution in [-0.4, -0.2) is 27.1 Å². The summed E-state index contributed by atoms with van der Waals surface area (Å²) >= 11 is 6.49. The minimum absolute atomic E-state index is 0.452. The summed E-state index contributed by atoms with van der Waals surface area (Å²) in [6.45, 7) is 6.38. The van der Waals surface area contributed by atoms with E-state index in [1.807, 2.05) is 26.1 Å². The van der Waals surface area contributed by atoms with E-state index in [-0.39, 0.29) is 0 Å². The molecule has 0 amide bonds. The number of nitrogens with zero attached hydrogens (tertiary/aromatic N) is 2. The fourth-order valence-corrected chi connectivity index (χ4v) is 4.62. The Labute approximate surface area is 179 Å². The Morgan fingerprint density at radius 3 is 2.55 bits per heavy atom. The van der Waals surface area contributed by atoms with E-state index in [0.717, 1.165) is 40.0 Å². The van der Waals surface area contributed by atoms with Gasteiger partial charge in [-0.05, 0) is 55.0 Å². The minimum Gasteiger partial charge on any atom is -0.495 e. The second-order valence-corrected chi connectivity index (χ2v) is 9.03. The van der Waals surface area contributed by atoms with Crippen LogP contribution >= 0.6 is 11.6 Å². The van der Waals surface area contributed by atoms with Crippen LogP contribution < -0.4 is 10.1 Å². The number of methoxy groups -OCH3 is 1. The highest BCUT2D eigenvalue weighted by Crippen LogP contribution is 2.38. The maximum Gasteiger partial charge on any atom is 0.208 e. The first kappa shape index (κ1) is 21.7. The summed E-state index contributed by atoms with van der Waals surface area (Å²) in [4.78, 5) is 5.53. The van der Waals surface area contributed by atoms with Crippen LogP contribution in [0.3, 0.4) is 0 Å². The number of halogens is 1. The zero-order chi connectivity index (χ0) is 21.3. The second-order valence-electron chi connectivity index (χ2n) is 7.24. The van der Waals surface area contributed by atoms with E-state index in [0.29, 0.717) is 22.6 Å². The molecule has 0 radical (unpaired) electrons. The molecule has 0 saturated heterocycles. The summed E-state index contributed by atoms with van der Waals surface area (Å²) in [7, 11) is 2.53. The maximum atomic E-state index is 11.9. The summed E-state index contributed by atoms with van der Waals surface area (Å²) in [6.07, 6.45) is 3.78. The highest BCUT2D eigenvalue weighted by Gasteiger charge is 2.20. The Morgan fingerprint density at radius 1 is 1.28 bits per heavy atom. The average molecular weight is 434 g/mol. The summed E-state index contributed by atoms with van der Waals surface area (Å²) in [5.41, 5.74) is 4.85. The number of hydrogen-bond acceptors (Lipinski definition) is 4. The predicted molar refractivity (Wildman–Crippen MR) is 122 cm³/mol. The third kappa shape index (κ3) is 4.01. The summed E-state index contributed by atoms with van der Waals surface area (Å²) in [6, 6.07) is 7.76. The van der Waals surface area contributed by atoms with Crippen LogP contribution in [0.2, 0.25) is 5.02 Å². The molecule has 1 N–H and O–H groups in total. The molecule has 1 unspecified atom stereocenters. The lowest BCUT2D eigenvalue weighted by atomic mass is 9.93. The standard InChI is InChI=1S/C22H28ClN3O2S/c1-7-14(8-2)16-9-10-17(23)20-21(16)26(4)22(25-20)24-19-13(3)11-15(29(6)27)12-18(19)28-5/h9-12,14H,7-8H2,1-6H3,(H,24,25). The highest BCUT2D eigenvalue weighted by atomic mass is 35.5. The summed E-state index contributed by atoms with van der Waals surface area (Å²) in [5.74, 6) is 1.77. The van der Waals surface area contributed by atoms with Gasteiger partial charge in [0.25, 0.3) is 0 Å². The number of benzene rings is 2. The summed E-state index contributed by atoms with van der Waals surface area (Å²) in [5, 5.41) is 4.05. The zero-order valence-electron chi connectivity index (χ0n) is 17.8. The molecule has 7 heteroatoms. The molecular weight excluding hydrogens is 406 g/mol. The molecule has 156 valence electrons. The van der Waals surface area contributed by atoms with Crippen LogP contribution in [0, 0.1) is 6.92 Å². The Kier molecular flexibility index (Phi) is 6.54. The Morgan fingerprint density at radius 2 is 1.97 bits per heavy atom. The fourth-order valence-electron chi connectivity index (χ4n) is 3.81. The second kappa shape index (κ2) is 8.76. The molecule has 1 heterocycles. The first-order chi connectivity index (χ1) is 13.8. The number of imidazole rings is 1. The molecule has 2 aromatic carbocycles. The van der Waals surface area contributed by atoms with Crippen molar-refractivity contribution in [3.8, 4) is 5.75 Å². The number of fused-ring (bicyclic) bond motifs is 1. The van der Waals surface area contributed by atoms with Crippen LogP contribution in [-0.2, 0) is 17.8 Å². The number of hydrogen-bond donors (Lipinski definition) is 1. The smallest absolute Gasteiger partial charge is 0.208 e. The first-order valence-electron chi connectivity index (χ1n) is 9.76. The maximum absolute atomic E-state index is 11.9. The molecule has 0 spiro atoms. The van der Waals surface area contributed by atoms with Crippen molar-refractivity contribution in [1.29, 1.82) is 0 Å². The van der Waals surface area contributed by atoms with Crippen molar-refractivity contribution in [2.75, 3.05) is 18.7 Å². The number of nitrogens with one attached hydrogen (secondary N) is 1. The molecule has 0 bridgehead atoms. The molecule has 1 atom stereocenters. The van der Waals surface area contributed by atoms with Gasteiger partial charge in [0.05, 0.1) is 23.3 Å². The Hall–Kier alpha value is -2.05. The van der Waals surface area contributed by atoms with Crippen LogP contribution in [0.4, 0.5) is 11.6 Å². The summed E-state index contributed by atoms with van der Waals surface area (Å²) < 4.78 is 19.5. The van der Waals surface area contributed by atoms with Gasteiger partial charge in [-0.2, -0.15) is 0 Å². The molecule has 3 rings (SSSR count). The van der Waals surface area contributed by atoms with E-state index in [9.17, 15) is 4.21 Å². The van der Waals surface area contributed by atoms with E-state index in [1.54, 1.807) is 19.4 Å². The average Bonchev–Trinajstić information content (AvgIpc) is 3.03. The van der Waals surface area contributed by atoms with Gasteiger partial charge in [-0.3, -0.25) is 4.21 Å². The van der Waals surface area contributed by atoms with Crippen molar-refractivity contribution < 1.29 is 8.95 Å².